The van der Waals surface area contributed by atoms with Crippen LogP contribution in [-0.2, 0) is 11.3 Å². The highest BCUT2D eigenvalue weighted by Gasteiger charge is 2.29. The van der Waals surface area contributed by atoms with E-state index in [-0.39, 0.29) is 11.5 Å². The Hall–Kier alpha value is -2.07. The van der Waals surface area contributed by atoms with Crippen LogP contribution in [0, 0.1) is 0 Å². The fourth-order valence-electron chi connectivity index (χ4n) is 2.45. The first kappa shape index (κ1) is 14.9. The van der Waals surface area contributed by atoms with Gasteiger partial charge in [0.25, 0.3) is 0 Å². The normalized spacial score (nSPS) is 16.3. The van der Waals surface area contributed by atoms with E-state index < -0.39 is 12.7 Å². The average Bonchev–Trinajstić information content (AvgIpc) is 2.88. The van der Waals surface area contributed by atoms with Gasteiger partial charge in [-0.1, -0.05) is 0 Å². The van der Waals surface area contributed by atoms with Gasteiger partial charge in [0.15, 0.2) is 5.65 Å². The summed E-state index contributed by atoms with van der Waals surface area (Å²) in [6.45, 7) is 1.23. The number of halogens is 3. The van der Waals surface area contributed by atoms with Gasteiger partial charge in [-0.25, -0.2) is 15.8 Å². The lowest BCUT2D eigenvalue weighted by Gasteiger charge is -2.29. The SMILES string of the molecule is NNc1cc(N2CCOCC2)c2ncn(CC(F)(F)F)c2n1. The van der Waals surface area contributed by atoms with Crippen LogP contribution < -0.4 is 16.2 Å². The topological polar surface area (TPSA) is 81.2 Å². The number of nitrogens with two attached hydrogens (primary N) is 1. The fourth-order valence-corrected chi connectivity index (χ4v) is 2.45. The van der Waals surface area contributed by atoms with Gasteiger partial charge >= 0.3 is 6.18 Å². The third-order valence-electron chi connectivity index (χ3n) is 3.40. The lowest BCUT2D eigenvalue weighted by molar-refractivity contribution is -0.140. The summed E-state index contributed by atoms with van der Waals surface area (Å²) in [7, 11) is 0. The van der Waals surface area contributed by atoms with Gasteiger partial charge in [-0.3, -0.25) is 0 Å². The van der Waals surface area contributed by atoms with Crippen molar-refractivity contribution in [2.45, 2.75) is 12.7 Å². The first-order valence-corrected chi connectivity index (χ1v) is 6.70. The number of nitrogens with zero attached hydrogens (tertiary/aromatic N) is 4. The molecule has 0 radical (unpaired) electrons. The predicted molar refractivity (Wildman–Crippen MR) is 74.4 cm³/mol. The summed E-state index contributed by atoms with van der Waals surface area (Å²) >= 11 is 0. The number of alkyl halides is 3. The lowest BCUT2D eigenvalue weighted by atomic mass is 10.2. The zero-order valence-corrected chi connectivity index (χ0v) is 11.6. The summed E-state index contributed by atoms with van der Waals surface area (Å²) in [5.41, 5.74) is 3.65. The Labute approximate surface area is 123 Å². The molecular weight excluding hydrogens is 301 g/mol. The Kier molecular flexibility index (Phi) is 3.79. The van der Waals surface area contributed by atoms with Crippen molar-refractivity contribution in [3.63, 3.8) is 0 Å². The van der Waals surface area contributed by atoms with Crippen LogP contribution in [0.3, 0.4) is 0 Å². The number of hydrogen-bond donors (Lipinski definition) is 2. The summed E-state index contributed by atoms with van der Waals surface area (Å²) in [6, 6.07) is 1.68. The van der Waals surface area contributed by atoms with E-state index >= 15 is 0 Å². The zero-order valence-electron chi connectivity index (χ0n) is 11.6. The number of nitrogen functional groups attached to an aromatic ring is 1. The van der Waals surface area contributed by atoms with Crippen molar-refractivity contribution < 1.29 is 17.9 Å². The maximum atomic E-state index is 12.6. The largest absolute Gasteiger partial charge is 0.406 e. The highest BCUT2D eigenvalue weighted by atomic mass is 19.4. The second-order valence-electron chi connectivity index (χ2n) is 4.93. The minimum atomic E-state index is -4.35. The molecule has 3 N–H and O–H groups in total. The second-order valence-corrected chi connectivity index (χ2v) is 4.93. The van der Waals surface area contributed by atoms with Crippen LogP contribution in [-0.4, -0.2) is 47.0 Å². The second kappa shape index (κ2) is 5.61. The van der Waals surface area contributed by atoms with Crippen molar-refractivity contribution in [2.24, 2.45) is 5.84 Å². The molecule has 3 heterocycles. The maximum absolute atomic E-state index is 12.6. The molecule has 1 aliphatic rings. The Morgan fingerprint density at radius 1 is 1.32 bits per heavy atom. The van der Waals surface area contributed by atoms with Crippen molar-refractivity contribution in [2.75, 3.05) is 36.6 Å². The van der Waals surface area contributed by atoms with Crippen LogP contribution in [0.5, 0.6) is 0 Å². The van der Waals surface area contributed by atoms with Crippen molar-refractivity contribution >= 4 is 22.7 Å². The fraction of sp³-hybridized carbons (Fsp3) is 0.500. The van der Waals surface area contributed by atoms with Crippen LogP contribution in [0.15, 0.2) is 12.4 Å². The molecule has 0 aliphatic carbocycles. The van der Waals surface area contributed by atoms with Gasteiger partial charge < -0.3 is 19.6 Å². The van der Waals surface area contributed by atoms with Gasteiger partial charge in [-0.15, -0.1) is 0 Å². The molecule has 0 amide bonds. The molecule has 0 bridgehead atoms. The molecule has 10 heteroatoms. The minimum absolute atomic E-state index is 0.147. The summed E-state index contributed by atoms with van der Waals surface area (Å²) in [5, 5.41) is 0. The molecule has 22 heavy (non-hydrogen) atoms. The van der Waals surface area contributed by atoms with Crippen LogP contribution in [0.4, 0.5) is 24.7 Å². The van der Waals surface area contributed by atoms with E-state index in [0.717, 1.165) is 10.9 Å². The molecule has 0 atom stereocenters. The lowest BCUT2D eigenvalue weighted by Crippen LogP contribution is -2.36. The van der Waals surface area contributed by atoms with Crippen LogP contribution in [0.2, 0.25) is 0 Å². The Balaban J connectivity index is 2.07. The first-order chi connectivity index (χ1) is 10.5. The van der Waals surface area contributed by atoms with E-state index in [0.29, 0.717) is 37.5 Å². The van der Waals surface area contributed by atoms with Crippen LogP contribution in [0.1, 0.15) is 0 Å². The molecule has 2 aromatic heterocycles. The van der Waals surface area contributed by atoms with Gasteiger partial charge in [-0.2, -0.15) is 13.2 Å². The third kappa shape index (κ3) is 2.92. The summed E-state index contributed by atoms with van der Waals surface area (Å²) in [5.74, 6) is 5.67. The number of rotatable bonds is 3. The van der Waals surface area contributed by atoms with E-state index in [1.807, 2.05) is 4.90 Å². The summed E-state index contributed by atoms with van der Waals surface area (Å²) in [4.78, 5) is 10.2. The van der Waals surface area contributed by atoms with Crippen LogP contribution >= 0.6 is 0 Å². The predicted octanol–water partition coefficient (Wildman–Crippen LogP) is 1.12. The summed E-state index contributed by atoms with van der Waals surface area (Å²) in [6.07, 6.45) is -3.20. The highest BCUT2D eigenvalue weighted by Crippen LogP contribution is 2.29. The van der Waals surface area contributed by atoms with Crippen molar-refractivity contribution in [3.8, 4) is 0 Å². The van der Waals surface area contributed by atoms with E-state index in [4.69, 9.17) is 10.6 Å². The zero-order chi connectivity index (χ0) is 15.7. The number of hydrogen-bond acceptors (Lipinski definition) is 6. The molecule has 0 unspecified atom stereocenters. The minimum Gasteiger partial charge on any atom is -0.378 e. The number of nitrogens with one attached hydrogen (secondary N) is 1. The quantitative estimate of drug-likeness (QED) is 0.652. The van der Waals surface area contributed by atoms with Crippen molar-refractivity contribution in [1.29, 1.82) is 0 Å². The van der Waals surface area contributed by atoms with Gasteiger partial charge in [0, 0.05) is 19.2 Å². The molecule has 120 valence electrons. The molecule has 1 aliphatic heterocycles. The molecule has 2 aromatic rings. The van der Waals surface area contributed by atoms with Crippen molar-refractivity contribution in [1.82, 2.24) is 14.5 Å². The molecular formula is C12H15F3N6O. The van der Waals surface area contributed by atoms with Gasteiger partial charge in [-0.05, 0) is 0 Å². The molecule has 0 saturated carbocycles. The van der Waals surface area contributed by atoms with Gasteiger partial charge in [0.1, 0.15) is 17.9 Å². The smallest absolute Gasteiger partial charge is 0.378 e. The Morgan fingerprint density at radius 3 is 2.68 bits per heavy atom. The standard InChI is InChI=1S/C12H15F3N6O/c13-12(14,15)6-21-7-17-10-8(20-1-3-22-4-2-20)5-9(19-16)18-11(10)21/h5,7H,1-4,6,16H2,(H,18,19). The Bertz CT molecular complexity index is 665. The number of imidazole rings is 1. The number of anilines is 2. The number of pyridine rings is 1. The monoisotopic (exact) mass is 316 g/mol. The number of ether oxygens (including phenoxy) is 1. The first-order valence-electron chi connectivity index (χ1n) is 6.70. The molecule has 0 aromatic carbocycles. The molecule has 0 spiro atoms. The molecule has 1 fully saturated rings. The average molecular weight is 316 g/mol. The molecule has 3 rings (SSSR count). The highest BCUT2D eigenvalue weighted by molar-refractivity contribution is 5.88. The van der Waals surface area contributed by atoms with Crippen LogP contribution in [0.25, 0.3) is 11.2 Å². The number of hydrazine groups is 1. The third-order valence-corrected chi connectivity index (χ3v) is 3.40. The van der Waals surface area contributed by atoms with E-state index in [2.05, 4.69) is 15.4 Å². The Morgan fingerprint density at radius 2 is 2.05 bits per heavy atom. The van der Waals surface area contributed by atoms with Gasteiger partial charge in [0.05, 0.1) is 25.2 Å². The van der Waals surface area contributed by atoms with E-state index in [9.17, 15) is 13.2 Å². The number of morpholine rings is 1. The number of aromatic nitrogens is 3. The molecule has 7 nitrogen and oxygen atoms in total. The van der Waals surface area contributed by atoms with E-state index in [1.165, 1.54) is 0 Å². The summed E-state index contributed by atoms with van der Waals surface area (Å²) < 4.78 is 44.2. The van der Waals surface area contributed by atoms with Crippen molar-refractivity contribution in [3.05, 3.63) is 12.4 Å². The van der Waals surface area contributed by atoms with Gasteiger partial charge in [0.2, 0.25) is 0 Å². The number of fused-ring (bicyclic) bond motifs is 1. The van der Waals surface area contributed by atoms with E-state index in [1.54, 1.807) is 6.07 Å². The molecule has 1 saturated heterocycles. The maximum Gasteiger partial charge on any atom is 0.406 e.